The van der Waals surface area contributed by atoms with E-state index in [4.69, 9.17) is 0 Å². The van der Waals surface area contributed by atoms with Crippen molar-refractivity contribution in [2.24, 2.45) is 5.92 Å². The summed E-state index contributed by atoms with van der Waals surface area (Å²) in [5.41, 5.74) is 3.19. The maximum absolute atomic E-state index is 9.60. The highest BCUT2D eigenvalue weighted by Gasteiger charge is 2.40. The molecule has 1 aromatic carbocycles. The number of benzene rings is 1. The van der Waals surface area contributed by atoms with Gasteiger partial charge in [-0.05, 0) is 56.4 Å². The highest BCUT2D eigenvalue weighted by molar-refractivity contribution is 5.79. The number of aromatic nitrogens is 1. The summed E-state index contributed by atoms with van der Waals surface area (Å²) in [6, 6.07) is 10.5. The van der Waals surface area contributed by atoms with Crippen LogP contribution in [0.2, 0.25) is 0 Å². The number of pyridine rings is 1. The second kappa shape index (κ2) is 5.15. The van der Waals surface area contributed by atoms with Gasteiger partial charge in [-0.2, -0.15) is 0 Å². The van der Waals surface area contributed by atoms with Crippen molar-refractivity contribution in [3.63, 3.8) is 0 Å². The van der Waals surface area contributed by atoms with Crippen LogP contribution in [0.3, 0.4) is 0 Å². The number of nitrogens with one attached hydrogen (secondary N) is 1. The summed E-state index contributed by atoms with van der Waals surface area (Å²) in [6.07, 6.45) is 2.45. The normalized spacial score (nSPS) is 18.1. The first-order valence-electron chi connectivity index (χ1n) is 7.33. The summed E-state index contributed by atoms with van der Waals surface area (Å²) >= 11 is 0. The molecule has 20 heavy (non-hydrogen) atoms. The van der Waals surface area contributed by atoms with E-state index in [0.29, 0.717) is 5.92 Å². The molecule has 0 aliphatic heterocycles. The van der Waals surface area contributed by atoms with Crippen LogP contribution < -0.4 is 5.32 Å². The van der Waals surface area contributed by atoms with Gasteiger partial charge >= 0.3 is 0 Å². The maximum Gasteiger partial charge on any atom is 0.0705 e. The van der Waals surface area contributed by atoms with Crippen molar-refractivity contribution in [1.82, 2.24) is 10.3 Å². The van der Waals surface area contributed by atoms with Crippen molar-refractivity contribution in [3.8, 4) is 0 Å². The second-order valence-electron chi connectivity index (χ2n) is 6.18. The lowest BCUT2D eigenvalue weighted by atomic mass is 9.96. The van der Waals surface area contributed by atoms with E-state index in [9.17, 15) is 5.11 Å². The van der Waals surface area contributed by atoms with Gasteiger partial charge < -0.3 is 10.4 Å². The minimum atomic E-state index is -0.138. The Morgan fingerprint density at radius 1 is 1.30 bits per heavy atom. The van der Waals surface area contributed by atoms with E-state index in [1.54, 1.807) is 0 Å². The monoisotopic (exact) mass is 270 g/mol. The molecule has 0 amide bonds. The van der Waals surface area contributed by atoms with Gasteiger partial charge in [0.05, 0.1) is 12.1 Å². The Balaban J connectivity index is 1.76. The summed E-state index contributed by atoms with van der Waals surface area (Å²) in [5.74, 6) is 0.622. The predicted molar refractivity (Wildman–Crippen MR) is 81.5 cm³/mol. The first-order chi connectivity index (χ1) is 9.60. The van der Waals surface area contributed by atoms with Crippen LogP contribution in [0.15, 0.2) is 30.3 Å². The molecule has 0 spiro atoms. The van der Waals surface area contributed by atoms with Crippen LogP contribution in [0.4, 0.5) is 0 Å². The molecule has 1 aromatic heterocycles. The van der Waals surface area contributed by atoms with Crippen molar-refractivity contribution in [2.45, 2.75) is 38.8 Å². The van der Waals surface area contributed by atoms with Gasteiger partial charge in [0, 0.05) is 23.2 Å². The number of rotatable bonds is 5. The molecule has 1 fully saturated rings. The molecule has 1 atom stereocenters. The van der Waals surface area contributed by atoms with Crippen LogP contribution in [0.25, 0.3) is 10.9 Å². The fraction of sp³-hybridized carbons (Fsp3) is 0.471. The number of hydrogen-bond donors (Lipinski definition) is 2. The minimum Gasteiger partial charge on any atom is -0.394 e. The number of fused-ring (bicyclic) bond motifs is 1. The third-order valence-electron chi connectivity index (χ3n) is 4.40. The summed E-state index contributed by atoms with van der Waals surface area (Å²) in [6.45, 7) is 5.12. The van der Waals surface area contributed by atoms with Gasteiger partial charge in [-0.25, -0.2) is 0 Å². The van der Waals surface area contributed by atoms with Crippen molar-refractivity contribution in [1.29, 1.82) is 0 Å². The molecule has 0 unspecified atom stereocenters. The molecule has 0 bridgehead atoms. The van der Waals surface area contributed by atoms with Gasteiger partial charge in [-0.1, -0.05) is 12.1 Å². The molecule has 2 aromatic rings. The molecule has 0 radical (unpaired) electrons. The van der Waals surface area contributed by atoms with E-state index in [0.717, 1.165) is 17.8 Å². The van der Waals surface area contributed by atoms with Crippen LogP contribution >= 0.6 is 0 Å². The molecular formula is C17H22N2O. The number of aryl methyl sites for hydroxylation is 1. The maximum atomic E-state index is 9.60. The van der Waals surface area contributed by atoms with Crippen molar-refractivity contribution in [3.05, 3.63) is 41.6 Å². The molecule has 106 valence electrons. The van der Waals surface area contributed by atoms with Crippen LogP contribution in [0, 0.1) is 12.8 Å². The zero-order valence-corrected chi connectivity index (χ0v) is 12.2. The van der Waals surface area contributed by atoms with E-state index in [-0.39, 0.29) is 12.1 Å². The lowest BCUT2D eigenvalue weighted by Crippen LogP contribution is -2.47. The Morgan fingerprint density at radius 2 is 2.10 bits per heavy atom. The Hall–Kier alpha value is -1.45. The summed E-state index contributed by atoms with van der Waals surface area (Å²) in [7, 11) is 0. The number of aliphatic hydroxyl groups excluding tert-OH is 1. The van der Waals surface area contributed by atoms with Crippen LogP contribution in [0.5, 0.6) is 0 Å². The SMILES string of the molecule is Cc1ccc2cc(CN[C@@](C)(CO)C3CC3)ccc2n1. The molecule has 0 saturated heterocycles. The predicted octanol–water partition coefficient (Wildman–Crippen LogP) is 2.79. The highest BCUT2D eigenvalue weighted by atomic mass is 16.3. The third kappa shape index (κ3) is 2.69. The summed E-state index contributed by atoms with van der Waals surface area (Å²) in [5, 5.41) is 14.3. The quantitative estimate of drug-likeness (QED) is 0.878. The lowest BCUT2D eigenvalue weighted by Gasteiger charge is -2.29. The second-order valence-corrected chi connectivity index (χ2v) is 6.18. The minimum absolute atomic E-state index is 0.138. The van der Waals surface area contributed by atoms with Crippen LogP contribution in [-0.4, -0.2) is 22.2 Å². The first kappa shape index (κ1) is 13.5. The molecule has 3 nitrogen and oxygen atoms in total. The zero-order chi connectivity index (χ0) is 14.2. The zero-order valence-electron chi connectivity index (χ0n) is 12.2. The molecule has 3 heteroatoms. The fourth-order valence-electron chi connectivity index (χ4n) is 2.74. The Bertz CT molecular complexity index is 621. The fourth-order valence-corrected chi connectivity index (χ4v) is 2.74. The largest absolute Gasteiger partial charge is 0.394 e. The van der Waals surface area contributed by atoms with Crippen molar-refractivity contribution < 1.29 is 5.11 Å². The van der Waals surface area contributed by atoms with Crippen molar-refractivity contribution in [2.75, 3.05) is 6.61 Å². The molecule has 1 saturated carbocycles. The van der Waals surface area contributed by atoms with Gasteiger partial charge in [0.2, 0.25) is 0 Å². The topological polar surface area (TPSA) is 45.1 Å². The van der Waals surface area contributed by atoms with Crippen LogP contribution in [0.1, 0.15) is 31.0 Å². The Kier molecular flexibility index (Phi) is 3.48. The molecule has 1 aliphatic rings. The van der Waals surface area contributed by atoms with Gasteiger partial charge in [0.1, 0.15) is 0 Å². The van der Waals surface area contributed by atoms with Gasteiger partial charge in [0.15, 0.2) is 0 Å². The van der Waals surface area contributed by atoms with Crippen LogP contribution in [-0.2, 0) is 6.54 Å². The lowest BCUT2D eigenvalue weighted by molar-refractivity contribution is 0.153. The molecule has 3 rings (SSSR count). The smallest absolute Gasteiger partial charge is 0.0705 e. The van der Waals surface area contributed by atoms with Gasteiger partial charge in [-0.3, -0.25) is 4.98 Å². The standard InChI is InChI=1S/C17H22N2O/c1-12-3-5-14-9-13(4-8-16(14)19-12)10-18-17(2,11-20)15-6-7-15/h3-5,8-9,15,18,20H,6-7,10-11H2,1-2H3/t17-/m0/s1. The van der Waals surface area contributed by atoms with E-state index in [1.165, 1.54) is 23.8 Å². The first-order valence-corrected chi connectivity index (χ1v) is 7.33. The molecule has 1 aliphatic carbocycles. The van der Waals surface area contributed by atoms with E-state index >= 15 is 0 Å². The molecular weight excluding hydrogens is 248 g/mol. The molecule has 1 heterocycles. The van der Waals surface area contributed by atoms with Crippen molar-refractivity contribution >= 4 is 10.9 Å². The van der Waals surface area contributed by atoms with E-state index in [1.807, 2.05) is 13.0 Å². The average Bonchev–Trinajstić information content (AvgIpc) is 3.29. The molecule has 2 N–H and O–H groups in total. The summed E-state index contributed by atoms with van der Waals surface area (Å²) in [4.78, 5) is 4.52. The van der Waals surface area contributed by atoms with E-state index < -0.39 is 0 Å². The Labute approximate surface area is 120 Å². The Morgan fingerprint density at radius 3 is 2.80 bits per heavy atom. The highest BCUT2D eigenvalue weighted by Crippen LogP contribution is 2.39. The number of aliphatic hydroxyl groups is 1. The average molecular weight is 270 g/mol. The number of hydrogen-bond acceptors (Lipinski definition) is 3. The van der Waals surface area contributed by atoms with Gasteiger partial charge in [0.25, 0.3) is 0 Å². The summed E-state index contributed by atoms with van der Waals surface area (Å²) < 4.78 is 0. The van der Waals surface area contributed by atoms with Gasteiger partial charge in [-0.15, -0.1) is 0 Å². The van der Waals surface area contributed by atoms with E-state index in [2.05, 4.69) is 41.5 Å². The third-order valence-corrected chi connectivity index (χ3v) is 4.40. The number of nitrogens with zero attached hydrogens (tertiary/aromatic N) is 1.